The minimum absolute atomic E-state index is 0.00170. The van der Waals surface area contributed by atoms with Gasteiger partial charge in [-0.3, -0.25) is 13.9 Å². The third-order valence-corrected chi connectivity index (χ3v) is 8.87. The first-order valence-electron chi connectivity index (χ1n) is 14.5. The fourth-order valence-electron chi connectivity index (χ4n) is 4.65. The molecule has 0 aliphatic heterocycles. The lowest BCUT2D eigenvalue weighted by Gasteiger charge is -2.33. The topological polar surface area (TPSA) is 114 Å². The van der Waals surface area contributed by atoms with Gasteiger partial charge in [-0.1, -0.05) is 50.6 Å². The number of amides is 2. The molecule has 3 aromatic rings. The number of aryl methyl sites for hydroxylation is 1. The quantitative estimate of drug-likeness (QED) is 0.258. The zero-order valence-electron chi connectivity index (χ0n) is 26.5. The highest BCUT2D eigenvalue weighted by atomic mass is 32.2. The number of methoxy groups -OCH3 is 3. The van der Waals surface area contributed by atoms with Crippen LogP contribution in [0.2, 0.25) is 0 Å². The maximum atomic E-state index is 14.4. The van der Waals surface area contributed by atoms with E-state index in [0.29, 0.717) is 24.5 Å². The van der Waals surface area contributed by atoms with Gasteiger partial charge in [0.15, 0.2) is 0 Å². The van der Waals surface area contributed by atoms with Gasteiger partial charge in [0, 0.05) is 19.2 Å². The molecule has 10 nitrogen and oxygen atoms in total. The van der Waals surface area contributed by atoms with Gasteiger partial charge >= 0.3 is 0 Å². The van der Waals surface area contributed by atoms with Gasteiger partial charge in [0.05, 0.1) is 31.9 Å². The van der Waals surface area contributed by atoms with Crippen LogP contribution >= 0.6 is 0 Å². The van der Waals surface area contributed by atoms with Crippen molar-refractivity contribution in [3.8, 4) is 17.2 Å². The van der Waals surface area contributed by atoms with E-state index in [1.807, 2.05) is 33.8 Å². The Labute approximate surface area is 261 Å². The highest BCUT2D eigenvalue weighted by molar-refractivity contribution is 7.92. The fraction of sp³-hybridized carbons (Fsp3) is 0.394. The SMILES string of the molecule is CC[C@@H](C(=O)NCC(C)C)N(Cc1cccc(OC)c1)C(=O)CN(c1cc(OC)ccc1OC)S(=O)(=O)c1ccc(C)cc1. The van der Waals surface area contributed by atoms with Gasteiger partial charge in [0.2, 0.25) is 11.8 Å². The van der Waals surface area contributed by atoms with Crippen LogP contribution in [0.5, 0.6) is 17.2 Å². The smallest absolute Gasteiger partial charge is 0.264 e. The number of anilines is 1. The summed E-state index contributed by atoms with van der Waals surface area (Å²) in [6, 6.07) is 17.4. The first kappa shape index (κ1) is 34.2. The van der Waals surface area contributed by atoms with E-state index in [9.17, 15) is 18.0 Å². The van der Waals surface area contributed by atoms with Crippen LogP contribution in [0.1, 0.15) is 38.3 Å². The summed E-state index contributed by atoms with van der Waals surface area (Å²) in [4.78, 5) is 29.2. The van der Waals surface area contributed by atoms with Crippen molar-refractivity contribution in [3.05, 3.63) is 77.9 Å². The average molecular weight is 626 g/mol. The molecule has 0 saturated heterocycles. The summed E-state index contributed by atoms with van der Waals surface area (Å²) < 4.78 is 45.8. The standard InChI is InChI=1S/C33H43N3O7S/c1-8-29(33(38)34-20-23(2)3)35(21-25-10-9-11-26(18-25)41-5)32(37)22-36(30-19-27(42-6)14-17-31(30)43-7)44(39,40)28-15-12-24(4)13-16-28/h9-19,23,29H,8,20-22H2,1-7H3,(H,34,38)/t29-/m0/s1. The number of carbonyl (C=O) groups is 2. The van der Waals surface area contributed by atoms with Crippen LogP contribution in [0.3, 0.4) is 0 Å². The molecule has 0 radical (unpaired) electrons. The normalized spacial score (nSPS) is 11.9. The van der Waals surface area contributed by atoms with Gasteiger partial charge < -0.3 is 24.4 Å². The molecular weight excluding hydrogens is 582 g/mol. The molecule has 3 rings (SSSR count). The first-order valence-corrected chi connectivity index (χ1v) is 15.9. The summed E-state index contributed by atoms with van der Waals surface area (Å²) in [7, 11) is 0.149. The van der Waals surface area contributed by atoms with E-state index in [0.717, 1.165) is 15.4 Å². The molecule has 1 atom stereocenters. The second-order valence-corrected chi connectivity index (χ2v) is 12.7. The molecule has 1 N–H and O–H groups in total. The highest BCUT2D eigenvalue weighted by Crippen LogP contribution is 2.36. The van der Waals surface area contributed by atoms with Crippen LogP contribution < -0.4 is 23.8 Å². The van der Waals surface area contributed by atoms with Gasteiger partial charge in [0.25, 0.3) is 10.0 Å². The number of carbonyl (C=O) groups excluding carboxylic acids is 2. The first-order chi connectivity index (χ1) is 20.9. The van der Waals surface area contributed by atoms with E-state index < -0.39 is 28.5 Å². The van der Waals surface area contributed by atoms with E-state index >= 15 is 0 Å². The van der Waals surface area contributed by atoms with Crippen molar-refractivity contribution in [3.63, 3.8) is 0 Å². The van der Waals surface area contributed by atoms with Gasteiger partial charge in [0.1, 0.15) is 29.8 Å². The number of rotatable bonds is 15. The van der Waals surface area contributed by atoms with Crippen molar-refractivity contribution in [2.45, 2.75) is 51.6 Å². The van der Waals surface area contributed by atoms with Crippen LogP contribution in [0.15, 0.2) is 71.6 Å². The molecule has 0 saturated carbocycles. The molecule has 0 spiro atoms. The van der Waals surface area contributed by atoms with Crippen LogP contribution in [-0.2, 0) is 26.2 Å². The molecule has 0 aromatic heterocycles. The molecule has 0 aliphatic rings. The second-order valence-electron chi connectivity index (χ2n) is 10.8. The molecule has 2 amide bonds. The Bertz CT molecular complexity index is 1520. The van der Waals surface area contributed by atoms with Gasteiger partial charge in [-0.05, 0) is 61.2 Å². The molecule has 238 valence electrons. The zero-order chi connectivity index (χ0) is 32.4. The minimum atomic E-state index is -4.28. The molecule has 44 heavy (non-hydrogen) atoms. The number of hydrogen-bond donors (Lipinski definition) is 1. The lowest BCUT2D eigenvalue weighted by Crippen LogP contribution is -2.52. The fourth-order valence-corrected chi connectivity index (χ4v) is 6.07. The molecule has 0 bridgehead atoms. The Hall–Kier alpha value is -4.25. The average Bonchev–Trinajstić information content (AvgIpc) is 3.02. The summed E-state index contributed by atoms with van der Waals surface area (Å²) in [6.45, 7) is 7.53. The van der Waals surface area contributed by atoms with E-state index in [4.69, 9.17) is 14.2 Å². The molecule has 0 heterocycles. The molecule has 3 aromatic carbocycles. The number of nitrogens with one attached hydrogen (secondary N) is 1. The molecule has 0 unspecified atom stereocenters. The summed E-state index contributed by atoms with van der Waals surface area (Å²) in [5.41, 5.74) is 1.73. The van der Waals surface area contributed by atoms with Gasteiger partial charge in [-0.2, -0.15) is 0 Å². The van der Waals surface area contributed by atoms with E-state index in [-0.39, 0.29) is 34.7 Å². The summed E-state index contributed by atoms with van der Waals surface area (Å²) >= 11 is 0. The number of benzene rings is 3. The van der Waals surface area contributed by atoms with Crippen LogP contribution in [-0.4, -0.2) is 65.6 Å². The second kappa shape index (κ2) is 15.5. The van der Waals surface area contributed by atoms with Crippen molar-refractivity contribution >= 4 is 27.5 Å². The van der Waals surface area contributed by atoms with E-state index in [1.165, 1.54) is 37.3 Å². The van der Waals surface area contributed by atoms with Crippen LogP contribution in [0, 0.1) is 12.8 Å². The lowest BCUT2D eigenvalue weighted by atomic mass is 10.1. The molecule has 11 heteroatoms. The zero-order valence-corrected chi connectivity index (χ0v) is 27.3. The van der Waals surface area contributed by atoms with Crippen LogP contribution in [0.4, 0.5) is 5.69 Å². The van der Waals surface area contributed by atoms with Crippen molar-refractivity contribution < 1.29 is 32.2 Å². The number of ether oxygens (including phenoxy) is 3. The third kappa shape index (κ3) is 8.43. The van der Waals surface area contributed by atoms with Crippen molar-refractivity contribution in [2.24, 2.45) is 5.92 Å². The summed E-state index contributed by atoms with van der Waals surface area (Å²) in [6.07, 6.45) is 0.312. The number of sulfonamides is 1. The Morgan fingerprint density at radius 3 is 2.14 bits per heavy atom. The van der Waals surface area contributed by atoms with E-state index in [1.54, 1.807) is 49.6 Å². The maximum Gasteiger partial charge on any atom is 0.264 e. The minimum Gasteiger partial charge on any atom is -0.497 e. The Morgan fingerprint density at radius 2 is 1.55 bits per heavy atom. The van der Waals surface area contributed by atoms with Crippen molar-refractivity contribution in [2.75, 3.05) is 38.7 Å². The Morgan fingerprint density at radius 1 is 0.886 bits per heavy atom. The number of nitrogens with zero attached hydrogens (tertiary/aromatic N) is 2. The third-order valence-electron chi connectivity index (χ3n) is 7.10. The molecule has 0 fully saturated rings. The predicted octanol–water partition coefficient (Wildman–Crippen LogP) is 4.80. The van der Waals surface area contributed by atoms with Gasteiger partial charge in [-0.15, -0.1) is 0 Å². The highest BCUT2D eigenvalue weighted by Gasteiger charge is 2.35. The summed E-state index contributed by atoms with van der Waals surface area (Å²) in [5, 5.41) is 2.93. The monoisotopic (exact) mass is 625 g/mol. The number of hydrogen-bond acceptors (Lipinski definition) is 7. The Kier molecular flexibility index (Phi) is 12.0. The Balaban J connectivity index is 2.15. The summed E-state index contributed by atoms with van der Waals surface area (Å²) in [5.74, 6) is 0.524. The van der Waals surface area contributed by atoms with Crippen molar-refractivity contribution in [1.29, 1.82) is 0 Å². The largest absolute Gasteiger partial charge is 0.497 e. The maximum absolute atomic E-state index is 14.4. The van der Waals surface area contributed by atoms with Crippen LogP contribution in [0.25, 0.3) is 0 Å². The van der Waals surface area contributed by atoms with E-state index in [2.05, 4.69) is 5.32 Å². The lowest BCUT2D eigenvalue weighted by molar-refractivity contribution is -0.140. The molecule has 0 aliphatic carbocycles. The molecular formula is C33H43N3O7S. The van der Waals surface area contributed by atoms with Crippen molar-refractivity contribution in [1.82, 2.24) is 10.2 Å². The van der Waals surface area contributed by atoms with Gasteiger partial charge in [-0.25, -0.2) is 8.42 Å². The predicted molar refractivity (Wildman–Crippen MR) is 171 cm³/mol.